The molecule has 27 heavy (non-hydrogen) atoms. The molecule has 3 N–H and O–H groups in total. The first-order valence-corrected chi connectivity index (χ1v) is 12.7. The summed E-state index contributed by atoms with van der Waals surface area (Å²) in [4.78, 5) is 11.7. The Labute approximate surface area is 162 Å². The van der Waals surface area contributed by atoms with E-state index in [0.29, 0.717) is 5.56 Å². The van der Waals surface area contributed by atoms with Crippen molar-refractivity contribution in [3.8, 4) is 0 Å². The number of benzene rings is 2. The Morgan fingerprint density at radius 1 is 1.07 bits per heavy atom. The van der Waals surface area contributed by atoms with Crippen LogP contribution in [0.2, 0.25) is 19.6 Å². The highest BCUT2D eigenvalue weighted by Crippen LogP contribution is 2.19. The molecule has 0 saturated carbocycles. The first-order valence-electron chi connectivity index (χ1n) is 9.18. The number of amides is 1. The normalized spacial score (nSPS) is 13.7. The van der Waals surface area contributed by atoms with Crippen molar-refractivity contribution in [3.05, 3.63) is 65.7 Å². The quantitative estimate of drug-likeness (QED) is 0.609. The minimum atomic E-state index is -1.49. The van der Waals surface area contributed by atoms with Crippen molar-refractivity contribution in [1.29, 1.82) is 0 Å². The number of carbonyl (C=O) groups is 1. The van der Waals surface area contributed by atoms with Gasteiger partial charge >= 0.3 is 6.09 Å². The predicted octanol–water partition coefficient (Wildman–Crippen LogP) is 2.94. The number of alkyl carbamates (subject to hydrolysis) is 1. The van der Waals surface area contributed by atoms with Crippen molar-refractivity contribution in [2.24, 2.45) is 0 Å². The number of aliphatic hydroxyl groups excluding tert-OH is 2. The maximum Gasteiger partial charge on any atom is 0.407 e. The third-order valence-corrected chi connectivity index (χ3v) is 6.42. The maximum atomic E-state index is 11.7. The van der Waals surface area contributed by atoms with Crippen LogP contribution in [-0.2, 0) is 11.3 Å². The van der Waals surface area contributed by atoms with Crippen molar-refractivity contribution in [3.63, 3.8) is 0 Å². The van der Waals surface area contributed by atoms with Crippen molar-refractivity contribution in [1.82, 2.24) is 5.32 Å². The Hall–Kier alpha value is -2.15. The van der Waals surface area contributed by atoms with Crippen LogP contribution in [0.1, 0.15) is 23.7 Å². The van der Waals surface area contributed by atoms with Crippen LogP contribution in [0, 0.1) is 0 Å². The summed E-state index contributed by atoms with van der Waals surface area (Å²) >= 11 is 0. The highest BCUT2D eigenvalue weighted by atomic mass is 28.3. The van der Waals surface area contributed by atoms with E-state index >= 15 is 0 Å². The van der Waals surface area contributed by atoms with Gasteiger partial charge < -0.3 is 20.3 Å². The molecule has 2 aromatic rings. The van der Waals surface area contributed by atoms with E-state index in [1.165, 1.54) is 5.19 Å². The van der Waals surface area contributed by atoms with Crippen LogP contribution in [-0.4, -0.2) is 37.0 Å². The zero-order valence-electron chi connectivity index (χ0n) is 16.2. The molecule has 0 spiro atoms. The number of hydrogen-bond acceptors (Lipinski definition) is 4. The molecule has 2 rings (SSSR count). The summed E-state index contributed by atoms with van der Waals surface area (Å²) in [6.45, 7) is 7.13. The van der Waals surface area contributed by atoms with E-state index in [1.54, 1.807) is 0 Å². The van der Waals surface area contributed by atoms with Gasteiger partial charge in [-0.25, -0.2) is 4.79 Å². The largest absolute Gasteiger partial charge is 0.445 e. The van der Waals surface area contributed by atoms with Crippen LogP contribution >= 0.6 is 0 Å². The van der Waals surface area contributed by atoms with Crippen molar-refractivity contribution >= 4 is 19.4 Å². The van der Waals surface area contributed by atoms with Gasteiger partial charge in [0.2, 0.25) is 0 Å². The summed E-state index contributed by atoms with van der Waals surface area (Å²) in [5, 5.41) is 24.5. The van der Waals surface area contributed by atoms with E-state index in [9.17, 15) is 15.0 Å². The Bertz CT molecular complexity index is 730. The van der Waals surface area contributed by atoms with Gasteiger partial charge in [0.15, 0.2) is 0 Å². The van der Waals surface area contributed by atoms with Gasteiger partial charge in [0.1, 0.15) is 12.7 Å². The molecule has 146 valence electrons. The molecule has 5 nitrogen and oxygen atoms in total. The highest BCUT2D eigenvalue weighted by molar-refractivity contribution is 6.88. The predicted molar refractivity (Wildman–Crippen MR) is 110 cm³/mol. The number of hydrogen-bond donors (Lipinski definition) is 3. The lowest BCUT2D eigenvalue weighted by Crippen LogP contribution is -2.38. The van der Waals surface area contributed by atoms with Crippen LogP contribution in [0.4, 0.5) is 4.79 Å². The standard InChI is InChI=1S/C21H29NO4Si/c1-27(2,3)18-11-7-10-17(14-18)20(24)19(23)12-13-22-21(25)26-15-16-8-5-4-6-9-16/h4-11,14,19-20,23-24H,12-13,15H2,1-3H3,(H,22,25). The van der Waals surface area contributed by atoms with E-state index in [0.717, 1.165) is 5.56 Å². The van der Waals surface area contributed by atoms with Gasteiger partial charge in [0.05, 0.1) is 14.2 Å². The Kier molecular flexibility index (Phi) is 7.59. The van der Waals surface area contributed by atoms with Crippen LogP contribution in [0.5, 0.6) is 0 Å². The fourth-order valence-electron chi connectivity index (χ4n) is 2.67. The lowest BCUT2D eigenvalue weighted by molar-refractivity contribution is 0.0137. The Balaban J connectivity index is 1.78. The summed E-state index contributed by atoms with van der Waals surface area (Å²) in [7, 11) is -1.49. The SMILES string of the molecule is C[Si](C)(C)c1cccc(C(O)C(O)CCNC(=O)OCc2ccccc2)c1. The lowest BCUT2D eigenvalue weighted by Gasteiger charge is -2.22. The number of carbonyl (C=O) groups excluding carboxylic acids is 1. The highest BCUT2D eigenvalue weighted by Gasteiger charge is 2.22. The second-order valence-corrected chi connectivity index (χ2v) is 12.7. The summed E-state index contributed by atoms with van der Waals surface area (Å²) in [6.07, 6.45) is -2.25. The number of nitrogens with one attached hydrogen (secondary N) is 1. The zero-order valence-corrected chi connectivity index (χ0v) is 17.2. The van der Waals surface area contributed by atoms with Crippen molar-refractivity contribution < 1.29 is 19.7 Å². The smallest absolute Gasteiger partial charge is 0.407 e. The minimum absolute atomic E-state index is 0.196. The molecule has 0 aromatic heterocycles. The molecule has 6 heteroatoms. The van der Waals surface area contributed by atoms with Gasteiger partial charge in [0, 0.05) is 6.54 Å². The molecule has 1 amide bonds. The third kappa shape index (κ3) is 6.82. The summed E-state index contributed by atoms with van der Waals surface area (Å²) < 4.78 is 5.12. The molecular weight excluding hydrogens is 358 g/mol. The van der Waals surface area contributed by atoms with Gasteiger partial charge in [-0.2, -0.15) is 0 Å². The average Bonchev–Trinajstić information content (AvgIpc) is 2.66. The molecule has 2 unspecified atom stereocenters. The van der Waals surface area contributed by atoms with E-state index in [2.05, 4.69) is 31.0 Å². The van der Waals surface area contributed by atoms with Crippen LogP contribution in [0.25, 0.3) is 0 Å². The molecular formula is C21H29NO4Si. The molecule has 0 heterocycles. The first-order chi connectivity index (χ1) is 12.8. The van der Waals surface area contributed by atoms with Gasteiger partial charge in [-0.1, -0.05) is 79.4 Å². The molecule has 0 fully saturated rings. The molecule has 0 bridgehead atoms. The average molecular weight is 388 g/mol. The van der Waals surface area contributed by atoms with Crippen molar-refractivity contribution in [2.45, 2.75) is 44.9 Å². The Morgan fingerprint density at radius 2 is 1.78 bits per heavy atom. The lowest BCUT2D eigenvalue weighted by atomic mass is 10.0. The Morgan fingerprint density at radius 3 is 2.44 bits per heavy atom. The zero-order chi connectivity index (χ0) is 19.9. The second kappa shape index (κ2) is 9.69. The fraction of sp³-hybridized carbons (Fsp3) is 0.381. The molecule has 2 atom stereocenters. The van der Waals surface area contributed by atoms with Gasteiger partial charge in [-0.05, 0) is 17.5 Å². The van der Waals surface area contributed by atoms with Gasteiger partial charge in [-0.15, -0.1) is 0 Å². The molecule has 0 aliphatic rings. The molecule has 0 saturated heterocycles. The molecule has 0 radical (unpaired) electrons. The summed E-state index contributed by atoms with van der Waals surface area (Å²) in [5.74, 6) is 0. The molecule has 0 aliphatic heterocycles. The van der Waals surface area contributed by atoms with Crippen LogP contribution in [0.15, 0.2) is 54.6 Å². The van der Waals surface area contributed by atoms with E-state index in [-0.39, 0.29) is 19.6 Å². The van der Waals surface area contributed by atoms with Crippen LogP contribution in [0.3, 0.4) is 0 Å². The van der Waals surface area contributed by atoms with E-state index < -0.39 is 26.4 Å². The van der Waals surface area contributed by atoms with E-state index in [1.807, 2.05) is 48.5 Å². The molecule has 0 aliphatic carbocycles. The number of ether oxygens (including phenoxy) is 1. The van der Waals surface area contributed by atoms with Gasteiger partial charge in [0.25, 0.3) is 0 Å². The number of rotatable bonds is 8. The topological polar surface area (TPSA) is 78.8 Å². The minimum Gasteiger partial charge on any atom is -0.445 e. The van der Waals surface area contributed by atoms with Crippen LogP contribution < -0.4 is 10.5 Å². The monoisotopic (exact) mass is 387 g/mol. The summed E-state index contributed by atoms with van der Waals surface area (Å²) in [6, 6.07) is 17.2. The fourth-order valence-corrected chi connectivity index (χ4v) is 3.86. The van der Waals surface area contributed by atoms with Crippen molar-refractivity contribution in [2.75, 3.05) is 6.54 Å². The van der Waals surface area contributed by atoms with E-state index in [4.69, 9.17) is 4.74 Å². The molecule has 2 aromatic carbocycles. The second-order valence-electron chi connectivity index (χ2n) is 7.66. The third-order valence-electron chi connectivity index (χ3n) is 4.38. The summed E-state index contributed by atoms with van der Waals surface area (Å²) in [5.41, 5.74) is 1.61. The van der Waals surface area contributed by atoms with Gasteiger partial charge in [-0.3, -0.25) is 0 Å². The first kappa shape index (κ1) is 21.2. The maximum absolute atomic E-state index is 11.7. The number of aliphatic hydroxyl groups is 2.